The quantitative estimate of drug-likeness (QED) is 0.701. The molecule has 1 amide bonds. The summed E-state index contributed by atoms with van der Waals surface area (Å²) in [6.45, 7) is 3.83. The van der Waals surface area contributed by atoms with Gasteiger partial charge in [-0.05, 0) is 76.3 Å². The number of carbonyl (C=O) groups is 1. The van der Waals surface area contributed by atoms with E-state index in [1.807, 2.05) is 19.1 Å². The molecular weight excluding hydrogens is 364 g/mol. The molecule has 6 nitrogen and oxygen atoms in total. The summed E-state index contributed by atoms with van der Waals surface area (Å²) in [6, 6.07) is 5.02. The SMILES string of the molecule is Cc1ncccc1OC1CCC(NC(=O)C[C@@H]2CC[C@H](CN)N2CC2CC2)CC1. The topological polar surface area (TPSA) is 80.5 Å². The van der Waals surface area contributed by atoms with Crippen LogP contribution >= 0.6 is 0 Å². The third-order valence-electron chi connectivity index (χ3n) is 6.92. The minimum atomic E-state index is 0.209. The molecule has 0 unspecified atom stereocenters. The highest BCUT2D eigenvalue weighted by molar-refractivity contribution is 5.77. The molecule has 0 radical (unpaired) electrons. The zero-order chi connectivity index (χ0) is 20.2. The van der Waals surface area contributed by atoms with E-state index in [0.717, 1.165) is 62.4 Å². The van der Waals surface area contributed by atoms with Gasteiger partial charge in [-0.1, -0.05) is 0 Å². The normalized spacial score (nSPS) is 30.3. The van der Waals surface area contributed by atoms with Crippen molar-refractivity contribution >= 4 is 5.91 Å². The van der Waals surface area contributed by atoms with Crippen molar-refractivity contribution in [3.8, 4) is 5.75 Å². The maximum Gasteiger partial charge on any atom is 0.221 e. The molecule has 3 fully saturated rings. The van der Waals surface area contributed by atoms with E-state index in [9.17, 15) is 4.79 Å². The second-order valence-corrected chi connectivity index (χ2v) is 9.21. The minimum absolute atomic E-state index is 0.209. The Hall–Kier alpha value is -1.66. The zero-order valence-corrected chi connectivity index (χ0v) is 17.7. The van der Waals surface area contributed by atoms with Crippen LogP contribution < -0.4 is 15.8 Å². The van der Waals surface area contributed by atoms with Gasteiger partial charge in [-0.15, -0.1) is 0 Å². The van der Waals surface area contributed by atoms with E-state index < -0.39 is 0 Å². The van der Waals surface area contributed by atoms with E-state index >= 15 is 0 Å². The fourth-order valence-electron chi connectivity index (χ4n) is 4.98. The first-order valence-corrected chi connectivity index (χ1v) is 11.5. The average Bonchev–Trinajstić information content (AvgIpc) is 3.46. The first-order valence-electron chi connectivity index (χ1n) is 11.5. The molecule has 6 heteroatoms. The monoisotopic (exact) mass is 400 g/mol. The first kappa shape index (κ1) is 20.6. The van der Waals surface area contributed by atoms with Crippen LogP contribution in [-0.2, 0) is 4.79 Å². The van der Waals surface area contributed by atoms with Gasteiger partial charge in [-0.25, -0.2) is 0 Å². The second kappa shape index (κ2) is 9.43. The number of rotatable bonds is 8. The number of pyridine rings is 1. The Labute approximate surface area is 174 Å². The van der Waals surface area contributed by atoms with Crippen molar-refractivity contribution in [3.05, 3.63) is 24.0 Å². The molecule has 1 aliphatic heterocycles. The predicted octanol–water partition coefficient (Wildman–Crippen LogP) is 2.79. The van der Waals surface area contributed by atoms with Crippen molar-refractivity contribution < 1.29 is 9.53 Å². The number of carbonyl (C=O) groups excluding carboxylic acids is 1. The molecule has 3 aliphatic rings. The molecule has 0 bridgehead atoms. The van der Waals surface area contributed by atoms with Crippen LogP contribution in [0.5, 0.6) is 5.75 Å². The van der Waals surface area contributed by atoms with Crippen molar-refractivity contribution in [2.24, 2.45) is 11.7 Å². The number of nitrogens with one attached hydrogen (secondary N) is 1. The van der Waals surface area contributed by atoms with E-state index in [2.05, 4.69) is 15.2 Å². The van der Waals surface area contributed by atoms with Crippen molar-refractivity contribution in [1.29, 1.82) is 0 Å². The second-order valence-electron chi connectivity index (χ2n) is 9.21. The van der Waals surface area contributed by atoms with Gasteiger partial charge in [0, 0.05) is 43.8 Å². The number of hydrogen-bond donors (Lipinski definition) is 2. The number of nitrogens with two attached hydrogens (primary N) is 1. The summed E-state index contributed by atoms with van der Waals surface area (Å²) >= 11 is 0. The smallest absolute Gasteiger partial charge is 0.221 e. The fourth-order valence-corrected chi connectivity index (χ4v) is 4.98. The molecule has 29 heavy (non-hydrogen) atoms. The number of nitrogens with zero attached hydrogens (tertiary/aromatic N) is 2. The van der Waals surface area contributed by atoms with Gasteiger partial charge < -0.3 is 15.8 Å². The van der Waals surface area contributed by atoms with Gasteiger partial charge in [0.05, 0.1) is 11.8 Å². The van der Waals surface area contributed by atoms with E-state index in [0.29, 0.717) is 25.0 Å². The van der Waals surface area contributed by atoms with Crippen LogP contribution in [-0.4, -0.2) is 53.1 Å². The van der Waals surface area contributed by atoms with Crippen LogP contribution in [0.3, 0.4) is 0 Å². The molecular formula is C23H36N4O2. The van der Waals surface area contributed by atoms with Crippen LogP contribution in [0.25, 0.3) is 0 Å². The molecule has 1 aromatic rings. The maximum absolute atomic E-state index is 12.7. The van der Waals surface area contributed by atoms with Crippen molar-refractivity contribution in [3.63, 3.8) is 0 Å². The Bertz CT molecular complexity index is 685. The highest BCUT2D eigenvalue weighted by atomic mass is 16.5. The van der Waals surface area contributed by atoms with Crippen LogP contribution in [0, 0.1) is 12.8 Å². The molecule has 0 aromatic carbocycles. The van der Waals surface area contributed by atoms with Crippen LogP contribution in [0.1, 0.15) is 63.5 Å². The lowest BCUT2D eigenvalue weighted by Gasteiger charge is -2.32. The Kier molecular flexibility index (Phi) is 6.70. The predicted molar refractivity (Wildman–Crippen MR) is 114 cm³/mol. The Balaban J connectivity index is 1.21. The molecule has 2 saturated carbocycles. The number of likely N-dealkylation sites (tertiary alicyclic amines) is 1. The fraction of sp³-hybridized carbons (Fsp3) is 0.739. The molecule has 1 saturated heterocycles. The summed E-state index contributed by atoms with van der Waals surface area (Å²) in [4.78, 5) is 19.6. The lowest BCUT2D eigenvalue weighted by Crippen LogP contribution is -2.45. The molecule has 2 aliphatic carbocycles. The molecule has 0 spiro atoms. The Morgan fingerprint density at radius 1 is 1.17 bits per heavy atom. The van der Waals surface area contributed by atoms with Crippen LogP contribution in [0.2, 0.25) is 0 Å². The van der Waals surface area contributed by atoms with Crippen LogP contribution in [0.4, 0.5) is 0 Å². The van der Waals surface area contributed by atoms with E-state index in [4.69, 9.17) is 10.5 Å². The van der Waals surface area contributed by atoms with Gasteiger partial charge in [-0.2, -0.15) is 0 Å². The summed E-state index contributed by atoms with van der Waals surface area (Å²) in [7, 11) is 0. The lowest BCUT2D eigenvalue weighted by molar-refractivity contribution is -0.123. The summed E-state index contributed by atoms with van der Waals surface area (Å²) < 4.78 is 6.13. The van der Waals surface area contributed by atoms with E-state index in [1.54, 1.807) is 6.20 Å². The Morgan fingerprint density at radius 3 is 2.62 bits per heavy atom. The van der Waals surface area contributed by atoms with E-state index in [-0.39, 0.29) is 18.1 Å². The lowest BCUT2D eigenvalue weighted by atomic mass is 9.92. The number of ether oxygens (including phenoxy) is 1. The van der Waals surface area contributed by atoms with Crippen molar-refractivity contribution in [2.45, 2.75) is 88.9 Å². The molecule has 2 heterocycles. The van der Waals surface area contributed by atoms with Crippen molar-refractivity contribution in [2.75, 3.05) is 13.1 Å². The van der Waals surface area contributed by atoms with Gasteiger partial charge in [-0.3, -0.25) is 14.7 Å². The number of aromatic nitrogens is 1. The molecule has 2 atom stereocenters. The van der Waals surface area contributed by atoms with Gasteiger partial charge in [0.15, 0.2) is 0 Å². The van der Waals surface area contributed by atoms with Gasteiger partial charge >= 0.3 is 0 Å². The average molecular weight is 401 g/mol. The maximum atomic E-state index is 12.7. The highest BCUT2D eigenvalue weighted by Crippen LogP contribution is 2.35. The summed E-state index contributed by atoms with van der Waals surface area (Å²) in [5, 5.41) is 3.30. The molecule has 4 rings (SSSR count). The number of hydrogen-bond acceptors (Lipinski definition) is 5. The van der Waals surface area contributed by atoms with Crippen molar-refractivity contribution in [1.82, 2.24) is 15.2 Å². The Morgan fingerprint density at radius 2 is 1.93 bits per heavy atom. The molecule has 160 valence electrons. The zero-order valence-electron chi connectivity index (χ0n) is 17.7. The molecule has 1 aromatic heterocycles. The number of aryl methyl sites for hydroxylation is 1. The minimum Gasteiger partial charge on any atom is -0.489 e. The first-order chi connectivity index (χ1) is 14.1. The largest absolute Gasteiger partial charge is 0.489 e. The summed E-state index contributed by atoms with van der Waals surface area (Å²) in [6.07, 6.45) is 11.5. The van der Waals surface area contributed by atoms with E-state index in [1.165, 1.54) is 12.8 Å². The molecule has 3 N–H and O–H groups in total. The third-order valence-corrected chi connectivity index (χ3v) is 6.92. The van der Waals surface area contributed by atoms with Gasteiger partial charge in [0.25, 0.3) is 0 Å². The number of amides is 1. The van der Waals surface area contributed by atoms with Crippen LogP contribution in [0.15, 0.2) is 18.3 Å². The van der Waals surface area contributed by atoms with Gasteiger partial charge in [0.2, 0.25) is 5.91 Å². The standard InChI is InChI=1S/C23H36N4O2/c1-16-22(3-2-12-25-16)29-21-10-6-18(7-11-21)26-23(28)13-19-8-9-20(14-24)27(19)15-17-4-5-17/h2-3,12,17-21H,4-11,13-15,24H2,1H3,(H,26,28)/t18?,19-,20+,21?/m0/s1. The van der Waals surface area contributed by atoms with Gasteiger partial charge in [0.1, 0.15) is 5.75 Å². The summed E-state index contributed by atoms with van der Waals surface area (Å²) in [5.74, 6) is 1.93. The highest BCUT2D eigenvalue weighted by Gasteiger charge is 2.37. The third kappa shape index (κ3) is 5.48. The summed E-state index contributed by atoms with van der Waals surface area (Å²) in [5.41, 5.74) is 6.92.